The largest absolute Gasteiger partial charge is 0.480 e. The number of ether oxygens (including phenoxy) is 1. The second-order valence-electron chi connectivity index (χ2n) is 5.99. The molecule has 2 aromatic carbocycles. The van der Waals surface area contributed by atoms with Crippen LogP contribution < -0.4 is 11.1 Å². The van der Waals surface area contributed by atoms with Crippen LogP contribution in [0.15, 0.2) is 48.5 Å². The van der Waals surface area contributed by atoms with Crippen LogP contribution in [0.5, 0.6) is 0 Å². The molecule has 7 heteroatoms. The molecule has 1 atom stereocenters. The molecule has 0 saturated carbocycles. The summed E-state index contributed by atoms with van der Waals surface area (Å²) in [4.78, 5) is 22.5. The summed E-state index contributed by atoms with van der Waals surface area (Å²) in [6.07, 6.45) is 0. The lowest BCUT2D eigenvalue weighted by Crippen LogP contribution is -2.43. The number of halogens is 1. The molecule has 26 heavy (non-hydrogen) atoms. The first kappa shape index (κ1) is 19.9. The molecule has 0 fully saturated rings. The zero-order chi connectivity index (χ0) is 17.8. The fraction of sp³-hybridized carbons (Fsp3) is 0.263. The SMILES string of the molecule is Cl.NC(CNCC(=O)O)C(=O)OCC1c2ccccc2-c2ccccc21. The minimum absolute atomic E-state index is 0. The highest BCUT2D eigenvalue weighted by Crippen LogP contribution is 2.44. The summed E-state index contributed by atoms with van der Waals surface area (Å²) in [5, 5.41) is 11.2. The molecule has 2 aromatic rings. The number of carbonyl (C=O) groups excluding carboxylic acids is 1. The number of carboxylic acid groups (broad SMARTS) is 1. The van der Waals surface area contributed by atoms with Crippen LogP contribution in [-0.2, 0) is 14.3 Å². The lowest BCUT2D eigenvalue weighted by atomic mass is 9.98. The molecule has 1 aliphatic rings. The highest BCUT2D eigenvalue weighted by molar-refractivity contribution is 5.85. The Morgan fingerprint density at radius 3 is 2.15 bits per heavy atom. The van der Waals surface area contributed by atoms with Crippen molar-refractivity contribution in [3.05, 3.63) is 59.7 Å². The van der Waals surface area contributed by atoms with Crippen molar-refractivity contribution in [1.29, 1.82) is 0 Å². The Kier molecular flexibility index (Phi) is 6.74. The molecule has 138 valence electrons. The van der Waals surface area contributed by atoms with E-state index < -0.39 is 18.0 Å². The molecule has 3 rings (SSSR count). The first-order chi connectivity index (χ1) is 12.1. The molecule has 0 saturated heterocycles. The van der Waals surface area contributed by atoms with E-state index in [2.05, 4.69) is 17.4 Å². The molecule has 0 bridgehead atoms. The van der Waals surface area contributed by atoms with Crippen molar-refractivity contribution in [3.8, 4) is 11.1 Å². The van der Waals surface area contributed by atoms with Crippen molar-refractivity contribution in [1.82, 2.24) is 5.32 Å². The van der Waals surface area contributed by atoms with Crippen LogP contribution in [0.3, 0.4) is 0 Å². The monoisotopic (exact) mass is 376 g/mol. The number of hydrogen-bond donors (Lipinski definition) is 3. The van der Waals surface area contributed by atoms with Gasteiger partial charge in [-0.1, -0.05) is 48.5 Å². The molecular weight excluding hydrogens is 356 g/mol. The van der Waals surface area contributed by atoms with Gasteiger partial charge in [0.15, 0.2) is 0 Å². The topological polar surface area (TPSA) is 102 Å². The Morgan fingerprint density at radius 1 is 1.08 bits per heavy atom. The number of hydrogen-bond acceptors (Lipinski definition) is 5. The van der Waals surface area contributed by atoms with Gasteiger partial charge in [0, 0.05) is 12.5 Å². The van der Waals surface area contributed by atoms with Gasteiger partial charge >= 0.3 is 11.9 Å². The molecule has 0 radical (unpaired) electrons. The van der Waals surface area contributed by atoms with Gasteiger partial charge in [0.1, 0.15) is 12.6 Å². The summed E-state index contributed by atoms with van der Waals surface area (Å²) < 4.78 is 5.41. The Morgan fingerprint density at radius 2 is 1.62 bits per heavy atom. The summed E-state index contributed by atoms with van der Waals surface area (Å²) in [5.41, 5.74) is 10.3. The fourth-order valence-electron chi connectivity index (χ4n) is 3.13. The zero-order valence-electron chi connectivity index (χ0n) is 14.1. The summed E-state index contributed by atoms with van der Waals surface area (Å²) in [6.45, 7) is 0.0207. The number of fused-ring (bicyclic) bond motifs is 3. The molecule has 0 aliphatic heterocycles. The summed E-state index contributed by atoms with van der Waals surface area (Å²) in [6, 6.07) is 15.3. The first-order valence-electron chi connectivity index (χ1n) is 8.11. The smallest absolute Gasteiger partial charge is 0.324 e. The number of nitrogens with two attached hydrogens (primary N) is 1. The van der Waals surface area contributed by atoms with Gasteiger partial charge in [-0.15, -0.1) is 12.4 Å². The maximum Gasteiger partial charge on any atom is 0.324 e. The highest BCUT2D eigenvalue weighted by atomic mass is 35.5. The number of esters is 1. The predicted octanol–water partition coefficient (Wildman–Crippen LogP) is 1.77. The molecule has 0 heterocycles. The molecular formula is C19H21ClN2O4. The highest BCUT2D eigenvalue weighted by Gasteiger charge is 2.29. The standard InChI is InChI=1S/C19H20N2O4.ClH/c20-17(9-21-10-18(22)23)19(24)25-11-16-14-7-3-1-5-12(14)13-6-2-4-8-15(13)16;/h1-8,16-17,21H,9-11,20H2,(H,22,23);1H. The van der Waals surface area contributed by atoms with E-state index in [1.807, 2.05) is 36.4 Å². The van der Waals surface area contributed by atoms with Crippen LogP contribution in [0.1, 0.15) is 17.0 Å². The van der Waals surface area contributed by atoms with Crippen LogP contribution in [0, 0.1) is 0 Å². The summed E-state index contributed by atoms with van der Waals surface area (Å²) in [5.74, 6) is -1.56. The van der Waals surface area contributed by atoms with Crippen LogP contribution in [0.25, 0.3) is 11.1 Å². The van der Waals surface area contributed by atoms with E-state index in [1.54, 1.807) is 0 Å². The minimum Gasteiger partial charge on any atom is -0.480 e. The van der Waals surface area contributed by atoms with Gasteiger partial charge < -0.3 is 20.9 Å². The average Bonchev–Trinajstić information content (AvgIpc) is 2.93. The quantitative estimate of drug-likeness (QED) is 0.636. The molecule has 4 N–H and O–H groups in total. The maximum atomic E-state index is 12.1. The van der Waals surface area contributed by atoms with E-state index in [9.17, 15) is 9.59 Å². The van der Waals surface area contributed by atoms with Crippen molar-refractivity contribution in [2.24, 2.45) is 5.73 Å². The van der Waals surface area contributed by atoms with E-state index in [-0.39, 0.29) is 38.0 Å². The van der Waals surface area contributed by atoms with Crippen molar-refractivity contribution in [2.45, 2.75) is 12.0 Å². The molecule has 0 aromatic heterocycles. The van der Waals surface area contributed by atoms with Crippen molar-refractivity contribution in [3.63, 3.8) is 0 Å². The normalized spacial score (nSPS) is 13.3. The lowest BCUT2D eigenvalue weighted by Gasteiger charge is -2.16. The predicted molar refractivity (Wildman–Crippen MR) is 100 cm³/mol. The Balaban J connectivity index is 0.00000243. The second kappa shape index (κ2) is 8.80. The van der Waals surface area contributed by atoms with Crippen molar-refractivity contribution in [2.75, 3.05) is 19.7 Å². The Labute approximate surface area is 157 Å². The van der Waals surface area contributed by atoms with E-state index >= 15 is 0 Å². The number of rotatable bonds is 7. The van der Waals surface area contributed by atoms with Crippen LogP contribution in [0.4, 0.5) is 0 Å². The van der Waals surface area contributed by atoms with E-state index in [0.717, 1.165) is 22.3 Å². The van der Waals surface area contributed by atoms with Gasteiger partial charge in [0.2, 0.25) is 0 Å². The molecule has 0 amide bonds. The van der Waals surface area contributed by atoms with Gasteiger partial charge in [-0.25, -0.2) is 0 Å². The molecule has 1 unspecified atom stereocenters. The third-order valence-electron chi connectivity index (χ3n) is 4.30. The minimum atomic E-state index is -1.00. The van der Waals surface area contributed by atoms with Gasteiger partial charge in [0.25, 0.3) is 0 Å². The number of nitrogens with one attached hydrogen (secondary N) is 1. The number of carbonyl (C=O) groups is 2. The van der Waals surface area contributed by atoms with Crippen molar-refractivity contribution >= 4 is 24.3 Å². The van der Waals surface area contributed by atoms with E-state index in [4.69, 9.17) is 15.6 Å². The maximum absolute atomic E-state index is 12.1. The van der Waals surface area contributed by atoms with Crippen molar-refractivity contribution < 1.29 is 19.4 Å². The zero-order valence-corrected chi connectivity index (χ0v) is 14.9. The third kappa shape index (κ3) is 4.22. The van der Waals surface area contributed by atoms with E-state index in [1.165, 1.54) is 0 Å². The number of benzene rings is 2. The molecule has 0 spiro atoms. The van der Waals surface area contributed by atoms with Crippen LogP contribution in [0.2, 0.25) is 0 Å². The average molecular weight is 377 g/mol. The van der Waals surface area contributed by atoms with Gasteiger partial charge in [-0.3, -0.25) is 9.59 Å². The second-order valence-corrected chi connectivity index (χ2v) is 5.99. The number of aliphatic carboxylic acids is 1. The number of carboxylic acids is 1. The fourth-order valence-corrected chi connectivity index (χ4v) is 3.13. The van der Waals surface area contributed by atoms with E-state index in [0.29, 0.717) is 0 Å². The Hall–Kier alpha value is -2.41. The summed E-state index contributed by atoms with van der Waals surface area (Å²) in [7, 11) is 0. The molecule has 1 aliphatic carbocycles. The Bertz CT molecular complexity index is 751. The van der Waals surface area contributed by atoms with Crippen LogP contribution in [-0.4, -0.2) is 42.8 Å². The third-order valence-corrected chi connectivity index (χ3v) is 4.30. The van der Waals surface area contributed by atoms with Gasteiger partial charge in [-0.2, -0.15) is 0 Å². The lowest BCUT2D eigenvalue weighted by molar-refractivity contribution is -0.145. The van der Waals surface area contributed by atoms with Gasteiger partial charge in [0.05, 0.1) is 6.54 Å². The molecule has 6 nitrogen and oxygen atoms in total. The summed E-state index contributed by atoms with van der Waals surface area (Å²) >= 11 is 0. The van der Waals surface area contributed by atoms with Gasteiger partial charge in [-0.05, 0) is 22.3 Å². The first-order valence-corrected chi connectivity index (χ1v) is 8.11. The van der Waals surface area contributed by atoms with Crippen LogP contribution >= 0.6 is 12.4 Å².